The lowest BCUT2D eigenvalue weighted by molar-refractivity contribution is -0.116. The minimum absolute atomic E-state index is 0.0702. The highest BCUT2D eigenvalue weighted by Crippen LogP contribution is 2.49. The normalized spacial score (nSPS) is 15.2. The predicted octanol–water partition coefficient (Wildman–Crippen LogP) is 6.77. The monoisotopic (exact) mass is 512 g/mol. The maximum absolute atomic E-state index is 12.0. The van der Waals surface area contributed by atoms with Crippen molar-refractivity contribution in [3.05, 3.63) is 29.8 Å². The third-order valence-corrected chi connectivity index (χ3v) is 7.40. The number of carbonyl (C=O) groups excluding carboxylic acids is 1. The van der Waals surface area contributed by atoms with Crippen molar-refractivity contribution in [1.82, 2.24) is 0 Å². The zero-order valence-corrected chi connectivity index (χ0v) is 22.6. The average molecular weight is 513 g/mol. The molecule has 0 aromatic heterocycles. The van der Waals surface area contributed by atoms with Gasteiger partial charge < -0.3 is 25.9 Å². The molecule has 1 aliphatic carbocycles. The molecule has 0 spiro atoms. The molecule has 1 aromatic rings. The van der Waals surface area contributed by atoms with Crippen LogP contribution in [0.2, 0.25) is 0 Å². The number of nitrogens with one attached hydrogen (secondary N) is 1. The summed E-state index contributed by atoms with van der Waals surface area (Å²) in [6, 6.07) is 6.41. The van der Waals surface area contributed by atoms with Crippen molar-refractivity contribution >= 4 is 19.2 Å². The molecule has 1 aliphatic rings. The molecule has 0 bridgehead atoms. The van der Waals surface area contributed by atoms with Gasteiger partial charge in [0, 0.05) is 18.2 Å². The van der Waals surface area contributed by atoms with Crippen molar-refractivity contribution in [2.45, 2.75) is 128 Å². The number of anilines is 1. The fourth-order valence-corrected chi connectivity index (χ4v) is 4.80. The molecule has 0 aliphatic heterocycles. The van der Waals surface area contributed by atoms with Crippen LogP contribution in [0.15, 0.2) is 24.3 Å². The van der Waals surface area contributed by atoms with E-state index in [9.17, 15) is 14.5 Å². The number of rotatable bonds is 15. The van der Waals surface area contributed by atoms with E-state index in [1.54, 1.807) is 0 Å². The van der Waals surface area contributed by atoms with Crippen LogP contribution in [0, 0.1) is 0 Å². The second kappa shape index (κ2) is 18.9. The van der Waals surface area contributed by atoms with E-state index in [-0.39, 0.29) is 11.5 Å². The van der Waals surface area contributed by atoms with Crippen molar-refractivity contribution in [1.29, 1.82) is 0 Å². The molecule has 202 valence electrons. The van der Waals surface area contributed by atoms with Crippen LogP contribution in [0.1, 0.15) is 127 Å². The number of aliphatic hydroxyl groups excluding tert-OH is 1. The first-order chi connectivity index (χ1) is 16.7. The summed E-state index contributed by atoms with van der Waals surface area (Å²) in [6.45, 7) is 2.23. The van der Waals surface area contributed by atoms with Crippen LogP contribution >= 0.6 is 7.60 Å². The van der Waals surface area contributed by atoms with E-state index in [2.05, 4.69) is 12.2 Å². The van der Waals surface area contributed by atoms with Gasteiger partial charge in [0.25, 0.3) is 0 Å². The van der Waals surface area contributed by atoms with Crippen molar-refractivity contribution in [3.8, 4) is 0 Å². The van der Waals surface area contributed by atoms with Gasteiger partial charge in [0.05, 0.1) is 0 Å². The summed E-state index contributed by atoms with van der Waals surface area (Å²) in [4.78, 5) is 29.9. The van der Waals surface area contributed by atoms with Crippen molar-refractivity contribution in [2.24, 2.45) is 5.73 Å². The minimum atomic E-state index is -4.59. The number of benzene rings is 1. The zero-order chi connectivity index (χ0) is 25.9. The lowest BCUT2D eigenvalue weighted by Crippen LogP contribution is -2.22. The van der Waals surface area contributed by atoms with Gasteiger partial charge in [0.1, 0.15) is 0 Å². The van der Waals surface area contributed by atoms with Gasteiger partial charge in [-0.15, -0.1) is 0 Å². The summed E-state index contributed by atoms with van der Waals surface area (Å²) in [5.74, 6) is -1.91. The maximum Gasteiger partial charge on any atom is 0.358 e. The maximum atomic E-state index is 12.0. The van der Waals surface area contributed by atoms with Gasteiger partial charge in [-0.25, -0.2) is 0 Å². The molecule has 1 atom stereocenters. The van der Waals surface area contributed by atoms with Gasteiger partial charge in [-0.3, -0.25) is 9.36 Å². The average Bonchev–Trinajstić information content (AvgIpc) is 2.83. The van der Waals surface area contributed by atoms with E-state index in [0.29, 0.717) is 18.2 Å². The van der Waals surface area contributed by atoms with Crippen LogP contribution < -0.4 is 11.1 Å². The molecule has 1 unspecified atom stereocenters. The topological polar surface area (TPSA) is 133 Å². The molecular formula is C27H49N2O5P. The number of hydrogen-bond donors (Lipinski definition) is 5. The van der Waals surface area contributed by atoms with Gasteiger partial charge in [-0.05, 0) is 37.0 Å². The zero-order valence-electron chi connectivity index (χ0n) is 21.7. The van der Waals surface area contributed by atoms with Crippen LogP contribution in [0.4, 0.5) is 5.69 Å². The van der Waals surface area contributed by atoms with Crippen molar-refractivity contribution in [3.63, 3.8) is 0 Å². The molecule has 0 saturated heterocycles. The van der Waals surface area contributed by atoms with Crippen LogP contribution in [0.3, 0.4) is 0 Å². The second-order valence-electron chi connectivity index (χ2n) is 9.82. The highest BCUT2D eigenvalue weighted by Gasteiger charge is 2.27. The van der Waals surface area contributed by atoms with E-state index in [1.165, 1.54) is 108 Å². The second-order valence-corrected chi connectivity index (χ2v) is 11.5. The number of hydrogen-bond acceptors (Lipinski definition) is 4. The highest BCUT2D eigenvalue weighted by atomic mass is 31.2. The molecule has 1 saturated carbocycles. The first kappa shape index (κ1) is 31.8. The first-order valence-electron chi connectivity index (χ1n) is 13.6. The largest absolute Gasteiger partial charge is 0.376 e. The summed E-state index contributed by atoms with van der Waals surface area (Å²) < 4.78 is 11.1. The molecule has 8 heteroatoms. The summed E-state index contributed by atoms with van der Waals surface area (Å²) in [7, 11) is -4.59. The smallest absolute Gasteiger partial charge is 0.358 e. The lowest BCUT2D eigenvalue weighted by atomic mass is 9.97. The molecule has 35 heavy (non-hydrogen) atoms. The van der Waals surface area contributed by atoms with Crippen LogP contribution in [-0.2, 0) is 9.36 Å². The molecule has 1 amide bonds. The molecule has 0 radical (unpaired) electrons. The Morgan fingerprint density at radius 2 is 1.40 bits per heavy atom. The van der Waals surface area contributed by atoms with Crippen LogP contribution in [0.25, 0.3) is 0 Å². The van der Waals surface area contributed by atoms with Gasteiger partial charge >= 0.3 is 7.60 Å². The molecule has 7 nitrogen and oxygen atoms in total. The third-order valence-electron chi connectivity index (χ3n) is 6.47. The number of unbranched alkanes of at least 4 members (excludes halogenated alkanes) is 10. The Morgan fingerprint density at radius 1 is 0.914 bits per heavy atom. The van der Waals surface area contributed by atoms with E-state index in [1.807, 2.05) is 0 Å². The van der Waals surface area contributed by atoms with Crippen molar-refractivity contribution < 1.29 is 24.3 Å². The van der Waals surface area contributed by atoms with E-state index >= 15 is 0 Å². The van der Waals surface area contributed by atoms with E-state index in [4.69, 9.17) is 15.5 Å². The lowest BCUT2D eigenvalue weighted by Gasteiger charge is -2.15. The SMILES string of the molecule is CCCCCCCCCCCCCC(=O)Nc1ccc(C(O)P(=O)(O)O)cc1.NC1CCCCC1. The minimum Gasteiger partial charge on any atom is -0.376 e. The van der Waals surface area contributed by atoms with Crippen LogP contribution in [-0.4, -0.2) is 26.8 Å². The summed E-state index contributed by atoms with van der Waals surface area (Å²) >= 11 is 0. The highest BCUT2D eigenvalue weighted by molar-refractivity contribution is 7.51. The molecular weight excluding hydrogens is 463 g/mol. The number of nitrogens with two attached hydrogens (primary N) is 1. The van der Waals surface area contributed by atoms with E-state index < -0.39 is 13.4 Å². The summed E-state index contributed by atoms with van der Waals surface area (Å²) in [5.41, 5.74) is 6.31. The summed E-state index contributed by atoms with van der Waals surface area (Å²) in [6.07, 6.45) is 20.7. The van der Waals surface area contributed by atoms with Gasteiger partial charge in [-0.2, -0.15) is 0 Å². The Bertz CT molecular complexity index is 717. The Morgan fingerprint density at radius 3 is 1.83 bits per heavy atom. The van der Waals surface area contributed by atoms with Gasteiger partial charge in [-0.1, -0.05) is 103 Å². The fourth-order valence-electron chi connectivity index (χ4n) is 4.24. The predicted molar refractivity (Wildman–Crippen MR) is 144 cm³/mol. The van der Waals surface area contributed by atoms with Crippen molar-refractivity contribution in [2.75, 3.05) is 5.32 Å². The Balaban J connectivity index is 0.000000744. The summed E-state index contributed by atoms with van der Waals surface area (Å²) in [5, 5.41) is 12.3. The van der Waals surface area contributed by atoms with Gasteiger partial charge in [0.2, 0.25) is 5.91 Å². The number of aliphatic hydroxyl groups is 1. The Kier molecular flexibility index (Phi) is 17.2. The molecule has 2 rings (SSSR count). The quantitative estimate of drug-likeness (QED) is 0.130. The first-order valence-corrected chi connectivity index (χ1v) is 15.3. The van der Waals surface area contributed by atoms with Crippen LogP contribution in [0.5, 0.6) is 0 Å². The fraction of sp³-hybridized carbons (Fsp3) is 0.741. The standard InChI is InChI=1S/C21H36NO5P.C6H13N/c1-2-3-4-5-6-7-8-9-10-11-12-13-20(23)22-19-16-14-18(15-17-19)21(24)28(25,26)27;7-6-4-2-1-3-5-6/h14-17,21,24H,2-13H2,1H3,(H,22,23)(H2,25,26,27);6H,1-5,7H2. The molecule has 1 aromatic carbocycles. The molecule has 6 N–H and O–H groups in total. The van der Waals surface area contributed by atoms with E-state index in [0.717, 1.165) is 19.3 Å². The Labute approximate surface area is 212 Å². The third kappa shape index (κ3) is 16.2. The molecule has 1 fully saturated rings. The number of amides is 1. The molecule has 0 heterocycles. The Hall–Kier alpha value is -1.24. The number of carbonyl (C=O) groups is 1. The van der Waals surface area contributed by atoms with Gasteiger partial charge in [0.15, 0.2) is 5.85 Å².